The van der Waals surface area contributed by atoms with E-state index < -0.39 is 32.8 Å². The molecule has 0 saturated heterocycles. The molecule has 0 aromatic rings. The second kappa shape index (κ2) is 9.16. The van der Waals surface area contributed by atoms with Crippen LogP contribution >= 0.6 is 10.8 Å². The fraction of sp³-hybridized carbons (Fsp3) is 0.750. The summed E-state index contributed by atoms with van der Waals surface area (Å²) in [4.78, 5) is 22.1. The van der Waals surface area contributed by atoms with Gasteiger partial charge < -0.3 is 15.0 Å². The van der Waals surface area contributed by atoms with Gasteiger partial charge in [-0.15, -0.1) is 0 Å². The molecular formula is C8H14NNaO6S2. The molecule has 18 heavy (non-hydrogen) atoms. The molecule has 0 saturated carbocycles. The number of rotatable bonds is 7. The number of aliphatic carboxylic acids is 1. The van der Waals surface area contributed by atoms with Crippen LogP contribution in [-0.4, -0.2) is 41.7 Å². The Morgan fingerprint density at radius 2 is 1.94 bits per heavy atom. The Morgan fingerprint density at radius 3 is 2.28 bits per heavy atom. The third-order valence-corrected chi connectivity index (χ3v) is 4.02. The van der Waals surface area contributed by atoms with Crippen LogP contribution in [0.2, 0.25) is 0 Å². The van der Waals surface area contributed by atoms with Crippen molar-refractivity contribution in [2.45, 2.75) is 26.3 Å². The van der Waals surface area contributed by atoms with Crippen LogP contribution in [0.5, 0.6) is 0 Å². The molecule has 100 valence electrons. The normalized spacial score (nSPS) is 14.2. The number of carboxylic acid groups (broad SMARTS) is 1. The van der Waals surface area contributed by atoms with Gasteiger partial charge in [0.15, 0.2) is 0 Å². The van der Waals surface area contributed by atoms with Gasteiger partial charge in [0.25, 0.3) is 0 Å². The molecule has 0 spiro atoms. The van der Waals surface area contributed by atoms with E-state index in [9.17, 15) is 22.6 Å². The first kappa shape index (κ1) is 20.5. The molecule has 0 rings (SSSR count). The Balaban J connectivity index is 0. The standard InChI is InChI=1S/C8H15NO6S2.Na/c1-3-5(2)7(8(11)12)9-6(10)4-16-17(13,14)15;/h5,7H,3-4H2,1-2H3,(H,9,10)(H,11,12)(H,13,14,15);/q;+1/p-1. The minimum absolute atomic E-state index is 0. The summed E-state index contributed by atoms with van der Waals surface area (Å²) < 4.78 is 30.8. The molecule has 1 amide bonds. The van der Waals surface area contributed by atoms with Crippen molar-refractivity contribution in [1.29, 1.82) is 0 Å². The maximum atomic E-state index is 11.2. The van der Waals surface area contributed by atoms with Crippen molar-refractivity contribution >= 4 is 31.8 Å². The van der Waals surface area contributed by atoms with E-state index in [2.05, 4.69) is 5.32 Å². The minimum atomic E-state index is -4.54. The van der Waals surface area contributed by atoms with Crippen molar-refractivity contribution in [1.82, 2.24) is 5.32 Å². The van der Waals surface area contributed by atoms with Crippen molar-refractivity contribution in [2.24, 2.45) is 5.92 Å². The first-order valence-electron chi connectivity index (χ1n) is 4.79. The Hall–Kier alpha value is 0.200. The number of nitrogens with one attached hydrogen (secondary N) is 1. The van der Waals surface area contributed by atoms with Gasteiger partial charge in [0.05, 0.1) is 5.75 Å². The molecule has 0 heterocycles. The number of carboxylic acids is 1. The monoisotopic (exact) mass is 307 g/mol. The smallest absolute Gasteiger partial charge is 0.739 e. The number of carbonyl (C=O) groups is 2. The number of hydrogen-bond acceptors (Lipinski definition) is 6. The summed E-state index contributed by atoms with van der Waals surface area (Å²) in [6, 6.07) is -1.08. The zero-order valence-corrected chi connectivity index (χ0v) is 14.0. The molecule has 2 unspecified atom stereocenters. The molecule has 0 fully saturated rings. The fourth-order valence-electron chi connectivity index (χ4n) is 1.02. The minimum Gasteiger partial charge on any atom is -0.739 e. The number of hydrogen-bond donors (Lipinski definition) is 2. The molecule has 0 aromatic carbocycles. The van der Waals surface area contributed by atoms with Gasteiger partial charge >= 0.3 is 35.5 Å². The van der Waals surface area contributed by atoms with Crippen LogP contribution in [-0.2, 0) is 18.7 Å². The summed E-state index contributed by atoms with van der Waals surface area (Å²) in [5.41, 5.74) is 0. The predicted molar refractivity (Wildman–Crippen MR) is 61.2 cm³/mol. The van der Waals surface area contributed by atoms with Crippen LogP contribution in [0.4, 0.5) is 0 Å². The predicted octanol–water partition coefficient (Wildman–Crippen LogP) is -3.20. The Kier molecular flexibility index (Phi) is 10.4. The van der Waals surface area contributed by atoms with Crippen LogP contribution in [0.1, 0.15) is 20.3 Å². The first-order valence-corrected chi connectivity index (χ1v) is 7.70. The van der Waals surface area contributed by atoms with Crippen molar-refractivity contribution in [3.8, 4) is 0 Å². The summed E-state index contributed by atoms with van der Waals surface area (Å²) in [6.45, 7) is 3.42. The van der Waals surface area contributed by atoms with E-state index in [1.807, 2.05) is 0 Å². The van der Waals surface area contributed by atoms with E-state index in [0.29, 0.717) is 6.42 Å². The second-order valence-electron chi connectivity index (χ2n) is 3.44. The van der Waals surface area contributed by atoms with Gasteiger partial charge in [0.2, 0.25) is 5.91 Å². The maximum Gasteiger partial charge on any atom is 1.00 e. The van der Waals surface area contributed by atoms with E-state index in [4.69, 9.17) is 5.11 Å². The van der Waals surface area contributed by atoms with Crippen LogP contribution < -0.4 is 34.9 Å². The van der Waals surface area contributed by atoms with Gasteiger partial charge in [-0.3, -0.25) is 4.79 Å². The molecule has 7 nitrogen and oxygen atoms in total. The Morgan fingerprint density at radius 1 is 1.44 bits per heavy atom. The van der Waals surface area contributed by atoms with Crippen LogP contribution in [0, 0.1) is 5.92 Å². The van der Waals surface area contributed by atoms with Crippen molar-refractivity contribution in [2.75, 3.05) is 5.75 Å². The van der Waals surface area contributed by atoms with Crippen molar-refractivity contribution in [3.05, 3.63) is 0 Å². The van der Waals surface area contributed by atoms with Gasteiger partial charge in [-0.2, -0.15) is 0 Å². The molecule has 0 bridgehead atoms. The maximum absolute atomic E-state index is 11.2. The summed E-state index contributed by atoms with van der Waals surface area (Å²) in [5, 5.41) is 11.0. The van der Waals surface area contributed by atoms with E-state index in [0.717, 1.165) is 0 Å². The average molecular weight is 307 g/mol. The summed E-state index contributed by atoms with van der Waals surface area (Å²) >= 11 is 0. The number of carbonyl (C=O) groups excluding carboxylic acids is 1. The largest absolute Gasteiger partial charge is 1.00 e. The fourth-order valence-corrected chi connectivity index (χ4v) is 2.11. The molecule has 2 N–H and O–H groups in total. The van der Waals surface area contributed by atoms with Crippen LogP contribution in [0.3, 0.4) is 0 Å². The zero-order valence-electron chi connectivity index (χ0n) is 10.4. The second-order valence-corrected chi connectivity index (χ2v) is 6.71. The van der Waals surface area contributed by atoms with Crippen molar-refractivity contribution in [3.63, 3.8) is 0 Å². The quantitative estimate of drug-likeness (QED) is 0.288. The summed E-state index contributed by atoms with van der Waals surface area (Å²) in [7, 11) is -4.62. The topological polar surface area (TPSA) is 124 Å². The van der Waals surface area contributed by atoms with E-state index >= 15 is 0 Å². The molecule has 0 aliphatic carbocycles. The first-order chi connectivity index (χ1) is 7.67. The Labute approximate surface area is 132 Å². The van der Waals surface area contributed by atoms with Gasteiger partial charge in [0.1, 0.15) is 15.2 Å². The Bertz CT molecular complexity index is 385. The molecule has 10 heteroatoms. The van der Waals surface area contributed by atoms with Crippen LogP contribution in [0.15, 0.2) is 0 Å². The molecule has 0 radical (unpaired) electrons. The molecule has 0 aliphatic rings. The number of amides is 1. The third kappa shape index (κ3) is 9.17. The average Bonchev–Trinajstić information content (AvgIpc) is 2.20. The zero-order chi connectivity index (χ0) is 13.6. The molecule has 2 atom stereocenters. The SMILES string of the molecule is CCC(C)C(NC(=O)CSS(=O)(=O)[O-])C(=O)O.[Na+]. The third-order valence-electron chi connectivity index (χ3n) is 2.13. The summed E-state index contributed by atoms with van der Waals surface area (Å²) in [5.74, 6) is -2.87. The van der Waals surface area contributed by atoms with Crippen molar-refractivity contribution < 1.29 is 57.2 Å². The van der Waals surface area contributed by atoms with Gasteiger partial charge in [0, 0.05) is 0 Å². The summed E-state index contributed by atoms with van der Waals surface area (Å²) in [6.07, 6.45) is 0.546. The molecule has 0 aliphatic heterocycles. The molecule has 0 aromatic heterocycles. The molecular weight excluding hydrogens is 293 g/mol. The van der Waals surface area contributed by atoms with Gasteiger partial charge in [-0.25, -0.2) is 13.2 Å². The van der Waals surface area contributed by atoms with E-state index in [1.54, 1.807) is 13.8 Å². The van der Waals surface area contributed by atoms with Gasteiger partial charge in [-0.1, -0.05) is 20.3 Å². The van der Waals surface area contributed by atoms with E-state index in [1.165, 1.54) is 0 Å². The van der Waals surface area contributed by atoms with Crippen LogP contribution in [0.25, 0.3) is 0 Å². The van der Waals surface area contributed by atoms with Gasteiger partial charge in [-0.05, 0) is 16.7 Å². The van der Waals surface area contributed by atoms with E-state index in [-0.39, 0.29) is 46.3 Å².